The standard InChI is InChI=1S/C13H22N2/c1-10(2)14-11(3)12-8-6-7-9-13(12)15(4)5/h6-11,14H,1-5H3. The third kappa shape index (κ3) is 3.24. The first-order valence-electron chi connectivity index (χ1n) is 5.54. The van der Waals surface area contributed by atoms with E-state index < -0.39 is 0 Å². The second-order valence-electron chi connectivity index (χ2n) is 4.50. The maximum absolute atomic E-state index is 3.53. The molecular weight excluding hydrogens is 184 g/mol. The van der Waals surface area contributed by atoms with Crippen molar-refractivity contribution in [2.75, 3.05) is 19.0 Å². The fraction of sp³-hybridized carbons (Fsp3) is 0.538. The Hall–Kier alpha value is -1.02. The molecule has 0 saturated heterocycles. The maximum Gasteiger partial charge on any atom is 0.0409 e. The Morgan fingerprint density at radius 2 is 1.67 bits per heavy atom. The number of nitrogens with zero attached hydrogens (tertiary/aromatic N) is 1. The highest BCUT2D eigenvalue weighted by Crippen LogP contribution is 2.24. The smallest absolute Gasteiger partial charge is 0.0409 e. The van der Waals surface area contributed by atoms with E-state index in [0.717, 1.165) is 0 Å². The first kappa shape index (κ1) is 12.1. The van der Waals surface area contributed by atoms with Gasteiger partial charge in [0.05, 0.1) is 0 Å². The Balaban J connectivity index is 2.92. The van der Waals surface area contributed by atoms with Gasteiger partial charge in [0.15, 0.2) is 0 Å². The molecule has 1 unspecified atom stereocenters. The molecule has 1 aromatic rings. The van der Waals surface area contributed by atoms with Gasteiger partial charge in [0.25, 0.3) is 0 Å². The molecule has 1 N–H and O–H groups in total. The molecule has 1 rings (SSSR count). The number of benzene rings is 1. The van der Waals surface area contributed by atoms with Gasteiger partial charge in [-0.05, 0) is 18.6 Å². The van der Waals surface area contributed by atoms with Crippen molar-refractivity contribution in [1.29, 1.82) is 0 Å². The number of hydrogen-bond acceptors (Lipinski definition) is 2. The lowest BCUT2D eigenvalue weighted by Crippen LogP contribution is -2.27. The monoisotopic (exact) mass is 206 g/mol. The van der Waals surface area contributed by atoms with Crippen LogP contribution in [-0.2, 0) is 0 Å². The number of hydrogen-bond donors (Lipinski definition) is 1. The summed E-state index contributed by atoms with van der Waals surface area (Å²) in [6.45, 7) is 6.56. The summed E-state index contributed by atoms with van der Waals surface area (Å²) in [4.78, 5) is 2.16. The van der Waals surface area contributed by atoms with E-state index in [1.807, 2.05) is 0 Å². The van der Waals surface area contributed by atoms with Crippen molar-refractivity contribution < 1.29 is 0 Å². The van der Waals surface area contributed by atoms with Gasteiger partial charge in [-0.2, -0.15) is 0 Å². The highest BCUT2D eigenvalue weighted by Gasteiger charge is 2.11. The topological polar surface area (TPSA) is 15.3 Å². The molecular formula is C13H22N2. The lowest BCUT2D eigenvalue weighted by molar-refractivity contribution is 0.506. The number of rotatable bonds is 4. The molecule has 0 aromatic heterocycles. The Morgan fingerprint density at radius 1 is 1.07 bits per heavy atom. The van der Waals surface area contributed by atoms with Gasteiger partial charge in [0.1, 0.15) is 0 Å². The quantitative estimate of drug-likeness (QED) is 0.815. The van der Waals surface area contributed by atoms with Gasteiger partial charge < -0.3 is 10.2 Å². The highest BCUT2D eigenvalue weighted by atomic mass is 15.1. The molecule has 2 heteroatoms. The lowest BCUT2D eigenvalue weighted by Gasteiger charge is -2.23. The second-order valence-corrected chi connectivity index (χ2v) is 4.50. The van der Waals surface area contributed by atoms with Gasteiger partial charge in [-0.15, -0.1) is 0 Å². The molecule has 0 bridgehead atoms. The summed E-state index contributed by atoms with van der Waals surface area (Å²) in [6.07, 6.45) is 0. The molecule has 15 heavy (non-hydrogen) atoms. The molecule has 0 amide bonds. The Kier molecular flexibility index (Phi) is 4.15. The van der Waals surface area contributed by atoms with E-state index in [4.69, 9.17) is 0 Å². The van der Waals surface area contributed by atoms with Gasteiger partial charge in [-0.25, -0.2) is 0 Å². The third-order valence-electron chi connectivity index (χ3n) is 2.47. The molecule has 84 valence electrons. The number of para-hydroxylation sites is 1. The van der Waals surface area contributed by atoms with E-state index in [-0.39, 0.29) is 0 Å². The number of nitrogens with one attached hydrogen (secondary N) is 1. The summed E-state index contributed by atoms with van der Waals surface area (Å²) < 4.78 is 0. The van der Waals surface area contributed by atoms with Crippen LogP contribution in [0, 0.1) is 0 Å². The Morgan fingerprint density at radius 3 is 2.20 bits per heavy atom. The Labute approximate surface area is 93.3 Å². The van der Waals surface area contributed by atoms with Crippen LogP contribution in [0.3, 0.4) is 0 Å². The maximum atomic E-state index is 3.53. The van der Waals surface area contributed by atoms with Crippen molar-refractivity contribution in [3.63, 3.8) is 0 Å². The average molecular weight is 206 g/mol. The normalized spacial score (nSPS) is 12.9. The van der Waals surface area contributed by atoms with Crippen molar-refractivity contribution in [1.82, 2.24) is 5.32 Å². The second kappa shape index (κ2) is 5.17. The molecule has 0 saturated carbocycles. The van der Waals surface area contributed by atoms with Crippen LogP contribution in [0.15, 0.2) is 24.3 Å². The van der Waals surface area contributed by atoms with Crippen LogP contribution >= 0.6 is 0 Å². The molecule has 1 aromatic carbocycles. The summed E-state index contributed by atoms with van der Waals surface area (Å²) in [7, 11) is 4.17. The molecule has 0 aliphatic heterocycles. The van der Waals surface area contributed by atoms with Crippen molar-refractivity contribution in [2.24, 2.45) is 0 Å². The van der Waals surface area contributed by atoms with E-state index in [2.05, 4.69) is 69.3 Å². The van der Waals surface area contributed by atoms with Crippen molar-refractivity contribution in [3.05, 3.63) is 29.8 Å². The van der Waals surface area contributed by atoms with Crippen LogP contribution in [0.4, 0.5) is 5.69 Å². The first-order valence-corrected chi connectivity index (χ1v) is 5.54. The van der Waals surface area contributed by atoms with Crippen LogP contribution in [-0.4, -0.2) is 20.1 Å². The van der Waals surface area contributed by atoms with E-state index in [9.17, 15) is 0 Å². The minimum Gasteiger partial charge on any atom is -0.377 e. The van der Waals surface area contributed by atoms with E-state index in [1.165, 1.54) is 11.3 Å². The van der Waals surface area contributed by atoms with Crippen LogP contribution < -0.4 is 10.2 Å². The van der Waals surface area contributed by atoms with Crippen molar-refractivity contribution in [2.45, 2.75) is 32.9 Å². The van der Waals surface area contributed by atoms with Gasteiger partial charge >= 0.3 is 0 Å². The minimum absolute atomic E-state index is 0.392. The van der Waals surface area contributed by atoms with Gasteiger partial charge in [-0.1, -0.05) is 32.0 Å². The zero-order chi connectivity index (χ0) is 11.4. The molecule has 0 radical (unpaired) electrons. The molecule has 0 heterocycles. The molecule has 0 aliphatic carbocycles. The van der Waals surface area contributed by atoms with Gasteiger partial charge in [0.2, 0.25) is 0 Å². The minimum atomic E-state index is 0.392. The van der Waals surface area contributed by atoms with Crippen molar-refractivity contribution in [3.8, 4) is 0 Å². The zero-order valence-electron chi connectivity index (χ0n) is 10.4. The molecule has 0 spiro atoms. The van der Waals surface area contributed by atoms with E-state index in [0.29, 0.717) is 12.1 Å². The highest BCUT2D eigenvalue weighted by molar-refractivity contribution is 5.53. The molecule has 0 aliphatic rings. The average Bonchev–Trinajstić information content (AvgIpc) is 2.16. The van der Waals surface area contributed by atoms with Crippen LogP contribution in [0.5, 0.6) is 0 Å². The predicted octanol–water partition coefficient (Wildman–Crippen LogP) is 2.81. The summed E-state index contributed by atoms with van der Waals surface area (Å²) in [5, 5.41) is 3.53. The molecule has 1 atom stereocenters. The Bertz CT molecular complexity index is 305. The first-order chi connectivity index (χ1) is 7.02. The SMILES string of the molecule is CC(C)NC(C)c1ccccc1N(C)C. The summed E-state index contributed by atoms with van der Waals surface area (Å²) in [5.74, 6) is 0. The fourth-order valence-corrected chi connectivity index (χ4v) is 1.85. The lowest BCUT2D eigenvalue weighted by atomic mass is 10.0. The van der Waals surface area contributed by atoms with Gasteiger partial charge in [0, 0.05) is 31.9 Å². The van der Waals surface area contributed by atoms with E-state index in [1.54, 1.807) is 0 Å². The summed E-state index contributed by atoms with van der Waals surface area (Å²) >= 11 is 0. The zero-order valence-corrected chi connectivity index (χ0v) is 10.4. The van der Waals surface area contributed by atoms with Gasteiger partial charge in [-0.3, -0.25) is 0 Å². The summed E-state index contributed by atoms with van der Waals surface area (Å²) in [6, 6.07) is 9.43. The number of anilines is 1. The van der Waals surface area contributed by atoms with Crippen LogP contribution in [0.25, 0.3) is 0 Å². The fourth-order valence-electron chi connectivity index (χ4n) is 1.85. The third-order valence-corrected chi connectivity index (χ3v) is 2.47. The largest absolute Gasteiger partial charge is 0.377 e. The van der Waals surface area contributed by atoms with Crippen LogP contribution in [0.2, 0.25) is 0 Å². The predicted molar refractivity (Wildman–Crippen MR) is 67.5 cm³/mol. The molecule has 0 fully saturated rings. The summed E-state index contributed by atoms with van der Waals surface area (Å²) in [5.41, 5.74) is 2.65. The van der Waals surface area contributed by atoms with E-state index >= 15 is 0 Å². The molecule has 2 nitrogen and oxygen atoms in total. The van der Waals surface area contributed by atoms with Crippen LogP contribution in [0.1, 0.15) is 32.4 Å². The van der Waals surface area contributed by atoms with Crippen molar-refractivity contribution >= 4 is 5.69 Å².